The van der Waals surface area contributed by atoms with E-state index < -0.39 is 0 Å². The lowest BCUT2D eigenvalue weighted by molar-refractivity contribution is 0.0616. The van der Waals surface area contributed by atoms with Crippen molar-refractivity contribution >= 4 is 29.3 Å². The number of hydrogen-bond acceptors (Lipinski definition) is 5. The summed E-state index contributed by atoms with van der Waals surface area (Å²) in [6, 6.07) is 5.59. The summed E-state index contributed by atoms with van der Waals surface area (Å²) in [5.41, 5.74) is 0.924. The first kappa shape index (κ1) is 16.1. The van der Waals surface area contributed by atoms with Gasteiger partial charge >= 0.3 is 0 Å². The van der Waals surface area contributed by atoms with Crippen LogP contribution in [0, 0.1) is 5.92 Å². The molecule has 6 nitrogen and oxygen atoms in total. The summed E-state index contributed by atoms with van der Waals surface area (Å²) < 4.78 is 10.4. The number of rotatable bonds is 3. The fraction of sp³-hybridized carbons (Fsp3) is 0.500. The van der Waals surface area contributed by atoms with Crippen molar-refractivity contribution in [3.05, 3.63) is 23.9 Å². The molecule has 0 unspecified atom stereocenters. The van der Waals surface area contributed by atoms with Gasteiger partial charge in [-0.05, 0) is 44.0 Å². The van der Waals surface area contributed by atoms with E-state index in [2.05, 4.69) is 15.4 Å². The van der Waals surface area contributed by atoms with Crippen LogP contribution < -0.4 is 10.1 Å². The second-order valence-electron chi connectivity index (χ2n) is 6.11. The summed E-state index contributed by atoms with van der Waals surface area (Å²) in [5, 5.41) is 7.80. The van der Waals surface area contributed by atoms with Crippen molar-refractivity contribution in [1.29, 1.82) is 0 Å². The molecule has 0 saturated carbocycles. The first-order chi connectivity index (χ1) is 10.7. The van der Waals surface area contributed by atoms with E-state index in [4.69, 9.17) is 9.26 Å². The quantitative estimate of drug-likeness (QED) is 0.928. The Bertz CT molecular complexity index is 710. The van der Waals surface area contributed by atoms with E-state index in [1.54, 1.807) is 13.2 Å². The van der Waals surface area contributed by atoms with Gasteiger partial charge in [0.2, 0.25) is 0 Å². The average Bonchev–Trinajstić information content (AvgIpc) is 2.99. The lowest BCUT2D eigenvalue weighted by Crippen LogP contribution is -2.57. The molecule has 1 N–H and O–H groups in total. The molecule has 2 bridgehead atoms. The molecule has 1 aromatic heterocycles. The predicted molar refractivity (Wildman–Crippen MR) is 88.2 cm³/mol. The second kappa shape index (κ2) is 6.37. The fourth-order valence-corrected chi connectivity index (χ4v) is 3.57. The molecular weight excluding hydrogens is 318 g/mol. The SMILES string of the molecule is COc1ccc2c(C(=O)N[C@@H]3CN4CCC3CC4)noc2c1.Cl. The van der Waals surface area contributed by atoms with E-state index in [1.807, 2.05) is 12.1 Å². The number of ether oxygens (including phenoxy) is 1. The Morgan fingerprint density at radius 2 is 2.17 bits per heavy atom. The van der Waals surface area contributed by atoms with Crippen molar-refractivity contribution < 1.29 is 14.1 Å². The van der Waals surface area contributed by atoms with Crippen molar-refractivity contribution in [3.8, 4) is 5.75 Å². The van der Waals surface area contributed by atoms with Gasteiger partial charge in [-0.2, -0.15) is 0 Å². The number of amides is 1. The molecule has 0 radical (unpaired) electrons. The third-order valence-electron chi connectivity index (χ3n) is 4.87. The number of fused-ring (bicyclic) bond motifs is 4. The molecule has 1 amide bonds. The predicted octanol–water partition coefficient (Wildman–Crippen LogP) is 2.08. The Kier molecular flexibility index (Phi) is 4.46. The molecule has 0 aliphatic carbocycles. The average molecular weight is 338 g/mol. The van der Waals surface area contributed by atoms with Gasteiger partial charge in [-0.25, -0.2) is 0 Å². The highest BCUT2D eigenvalue weighted by Crippen LogP contribution is 2.28. The van der Waals surface area contributed by atoms with Crippen molar-refractivity contribution in [2.45, 2.75) is 18.9 Å². The maximum Gasteiger partial charge on any atom is 0.274 e. The Balaban J connectivity index is 0.00000156. The van der Waals surface area contributed by atoms with Gasteiger partial charge < -0.3 is 19.5 Å². The number of methoxy groups -OCH3 is 1. The Hall–Kier alpha value is -1.79. The zero-order valence-corrected chi connectivity index (χ0v) is 13.8. The van der Waals surface area contributed by atoms with Gasteiger partial charge in [0.25, 0.3) is 5.91 Å². The summed E-state index contributed by atoms with van der Waals surface area (Å²) in [7, 11) is 1.60. The van der Waals surface area contributed by atoms with Crippen LogP contribution >= 0.6 is 12.4 Å². The molecule has 124 valence electrons. The van der Waals surface area contributed by atoms with Gasteiger partial charge in [-0.1, -0.05) is 5.16 Å². The van der Waals surface area contributed by atoms with Gasteiger partial charge in [0.15, 0.2) is 11.3 Å². The van der Waals surface area contributed by atoms with E-state index in [-0.39, 0.29) is 24.4 Å². The molecule has 1 atom stereocenters. The van der Waals surface area contributed by atoms with E-state index in [0.29, 0.717) is 22.9 Å². The minimum absolute atomic E-state index is 0. The number of halogens is 1. The highest BCUT2D eigenvalue weighted by atomic mass is 35.5. The third kappa shape index (κ3) is 2.88. The first-order valence-corrected chi connectivity index (χ1v) is 7.71. The van der Waals surface area contributed by atoms with Gasteiger partial charge in [-0.3, -0.25) is 4.79 Å². The Labute approximate surface area is 140 Å². The molecular formula is C16H20ClN3O3. The molecule has 4 heterocycles. The molecule has 3 aliphatic heterocycles. The highest BCUT2D eigenvalue weighted by molar-refractivity contribution is 6.04. The van der Waals surface area contributed by atoms with E-state index in [1.165, 1.54) is 12.8 Å². The van der Waals surface area contributed by atoms with Crippen LogP contribution in [0.4, 0.5) is 0 Å². The zero-order chi connectivity index (χ0) is 15.1. The maximum absolute atomic E-state index is 12.5. The van der Waals surface area contributed by atoms with Gasteiger partial charge in [0.1, 0.15) is 5.75 Å². The van der Waals surface area contributed by atoms with Gasteiger partial charge in [0, 0.05) is 18.7 Å². The highest BCUT2D eigenvalue weighted by Gasteiger charge is 2.35. The minimum atomic E-state index is -0.150. The number of nitrogens with zero attached hydrogens (tertiary/aromatic N) is 2. The summed E-state index contributed by atoms with van der Waals surface area (Å²) in [6.45, 7) is 3.26. The maximum atomic E-state index is 12.5. The van der Waals surface area contributed by atoms with Crippen molar-refractivity contribution in [3.63, 3.8) is 0 Å². The largest absolute Gasteiger partial charge is 0.497 e. The van der Waals surface area contributed by atoms with Crippen LogP contribution in [0.25, 0.3) is 11.0 Å². The zero-order valence-electron chi connectivity index (χ0n) is 12.9. The molecule has 2 aromatic rings. The molecule has 7 heteroatoms. The summed E-state index contributed by atoms with van der Waals surface area (Å²) in [4.78, 5) is 14.9. The fourth-order valence-electron chi connectivity index (χ4n) is 3.57. The van der Waals surface area contributed by atoms with Crippen LogP contribution in [0.1, 0.15) is 23.3 Å². The lowest BCUT2D eigenvalue weighted by Gasteiger charge is -2.44. The standard InChI is InChI=1S/C16H19N3O3.ClH/c1-21-11-2-3-12-14(8-11)22-18-15(12)16(20)17-13-9-19-6-4-10(13)5-7-19;/h2-3,8,10,13H,4-7,9H2,1H3,(H,17,20);1H/t13-;/m1./s1. The lowest BCUT2D eigenvalue weighted by atomic mass is 9.84. The van der Waals surface area contributed by atoms with Crippen LogP contribution in [-0.4, -0.2) is 48.7 Å². The molecule has 3 saturated heterocycles. The molecule has 5 rings (SSSR count). The number of carbonyl (C=O) groups excluding carboxylic acids is 1. The number of carbonyl (C=O) groups is 1. The van der Waals surface area contributed by atoms with Crippen LogP contribution in [-0.2, 0) is 0 Å². The topological polar surface area (TPSA) is 67.6 Å². The van der Waals surface area contributed by atoms with E-state index in [0.717, 1.165) is 25.0 Å². The Morgan fingerprint density at radius 1 is 1.39 bits per heavy atom. The number of piperidine rings is 3. The first-order valence-electron chi connectivity index (χ1n) is 7.71. The normalized spacial score (nSPS) is 25.9. The summed E-state index contributed by atoms with van der Waals surface area (Å²) in [6.07, 6.45) is 2.34. The van der Waals surface area contributed by atoms with E-state index in [9.17, 15) is 4.79 Å². The van der Waals surface area contributed by atoms with Crippen molar-refractivity contribution in [2.24, 2.45) is 5.92 Å². The molecule has 1 aromatic carbocycles. The monoisotopic (exact) mass is 337 g/mol. The second-order valence-corrected chi connectivity index (χ2v) is 6.11. The molecule has 23 heavy (non-hydrogen) atoms. The Morgan fingerprint density at radius 3 is 2.83 bits per heavy atom. The van der Waals surface area contributed by atoms with Gasteiger partial charge in [-0.15, -0.1) is 12.4 Å². The number of nitrogens with one attached hydrogen (secondary N) is 1. The smallest absolute Gasteiger partial charge is 0.274 e. The van der Waals surface area contributed by atoms with Crippen molar-refractivity contribution in [1.82, 2.24) is 15.4 Å². The van der Waals surface area contributed by atoms with Gasteiger partial charge in [0.05, 0.1) is 12.5 Å². The van der Waals surface area contributed by atoms with Crippen LogP contribution in [0.3, 0.4) is 0 Å². The minimum Gasteiger partial charge on any atom is -0.497 e. The number of aromatic nitrogens is 1. The number of hydrogen-bond donors (Lipinski definition) is 1. The molecule has 3 aliphatic rings. The van der Waals surface area contributed by atoms with Crippen LogP contribution in [0.2, 0.25) is 0 Å². The summed E-state index contributed by atoms with van der Waals surface area (Å²) >= 11 is 0. The summed E-state index contributed by atoms with van der Waals surface area (Å²) in [5.74, 6) is 1.13. The molecule has 0 spiro atoms. The molecule has 3 fully saturated rings. The third-order valence-corrected chi connectivity index (χ3v) is 4.87. The van der Waals surface area contributed by atoms with Crippen molar-refractivity contribution in [2.75, 3.05) is 26.7 Å². The van der Waals surface area contributed by atoms with E-state index >= 15 is 0 Å². The number of benzene rings is 1. The van der Waals surface area contributed by atoms with Crippen LogP contribution in [0.15, 0.2) is 22.7 Å². The van der Waals surface area contributed by atoms with Crippen LogP contribution in [0.5, 0.6) is 5.75 Å².